The molecule has 0 bridgehead atoms. The van der Waals surface area contributed by atoms with E-state index in [1.54, 1.807) is 0 Å². The second-order valence-electron chi connectivity index (χ2n) is 3.31. The molecule has 11 heavy (non-hydrogen) atoms. The number of hydrogen-bond donors (Lipinski definition) is 2. The topological polar surface area (TPSA) is 61.7 Å². The van der Waals surface area contributed by atoms with Gasteiger partial charge in [-0.2, -0.15) is 0 Å². The quantitative estimate of drug-likeness (QED) is 0.557. The van der Waals surface area contributed by atoms with Crippen LogP contribution in [0.15, 0.2) is 4.99 Å². The molecule has 62 valence electrons. The highest BCUT2D eigenvalue weighted by Crippen LogP contribution is 2.06. The lowest BCUT2D eigenvalue weighted by Crippen LogP contribution is -2.50. The predicted molar refractivity (Wildman–Crippen MR) is 42.0 cm³/mol. The maximum absolute atomic E-state index is 10.4. The van der Waals surface area contributed by atoms with Crippen molar-refractivity contribution in [2.75, 3.05) is 13.1 Å². The van der Waals surface area contributed by atoms with Crippen molar-refractivity contribution in [2.24, 2.45) is 4.99 Å². The van der Waals surface area contributed by atoms with Crippen LogP contribution in [0.25, 0.3) is 0 Å². The van der Waals surface area contributed by atoms with Gasteiger partial charge in [0.05, 0.1) is 6.54 Å². The van der Waals surface area contributed by atoms with E-state index >= 15 is 0 Å². The van der Waals surface area contributed by atoms with Crippen molar-refractivity contribution in [1.29, 1.82) is 0 Å². The Hall–Kier alpha value is -0.900. The summed E-state index contributed by atoms with van der Waals surface area (Å²) >= 11 is 0. The van der Waals surface area contributed by atoms with Crippen molar-refractivity contribution in [1.82, 2.24) is 5.32 Å². The van der Waals surface area contributed by atoms with Crippen LogP contribution in [-0.2, 0) is 4.79 Å². The predicted octanol–water partition coefficient (Wildman–Crippen LogP) is -0.106. The molecule has 4 nitrogen and oxygen atoms in total. The lowest BCUT2D eigenvalue weighted by molar-refractivity contribution is -0.129. The van der Waals surface area contributed by atoms with Gasteiger partial charge in [0, 0.05) is 12.1 Å². The zero-order valence-corrected chi connectivity index (χ0v) is 6.72. The third-order valence-corrected chi connectivity index (χ3v) is 1.65. The molecular weight excluding hydrogens is 144 g/mol. The van der Waals surface area contributed by atoms with Gasteiger partial charge in [-0.05, 0) is 13.8 Å². The number of carboxylic acids is 1. The van der Waals surface area contributed by atoms with Crippen LogP contribution in [0.3, 0.4) is 0 Å². The van der Waals surface area contributed by atoms with Crippen molar-refractivity contribution in [3.8, 4) is 0 Å². The van der Waals surface area contributed by atoms with E-state index in [0.29, 0.717) is 13.1 Å². The molecule has 0 amide bonds. The summed E-state index contributed by atoms with van der Waals surface area (Å²) in [6, 6.07) is 0. The second kappa shape index (κ2) is 2.62. The molecule has 0 radical (unpaired) electrons. The molecule has 0 saturated carbocycles. The average molecular weight is 156 g/mol. The van der Waals surface area contributed by atoms with Gasteiger partial charge in [0.15, 0.2) is 0 Å². The van der Waals surface area contributed by atoms with E-state index in [1.807, 2.05) is 13.8 Å². The van der Waals surface area contributed by atoms with Crippen molar-refractivity contribution in [3.05, 3.63) is 0 Å². The van der Waals surface area contributed by atoms with Crippen LogP contribution >= 0.6 is 0 Å². The smallest absolute Gasteiger partial charge is 0.351 e. The fourth-order valence-corrected chi connectivity index (χ4v) is 0.871. The third-order valence-electron chi connectivity index (χ3n) is 1.65. The maximum atomic E-state index is 10.4. The van der Waals surface area contributed by atoms with E-state index < -0.39 is 5.97 Å². The van der Waals surface area contributed by atoms with Crippen molar-refractivity contribution in [2.45, 2.75) is 19.4 Å². The van der Waals surface area contributed by atoms with Crippen LogP contribution in [0.5, 0.6) is 0 Å². The molecule has 1 heterocycles. The first-order valence-corrected chi connectivity index (χ1v) is 3.53. The van der Waals surface area contributed by atoms with E-state index in [4.69, 9.17) is 5.11 Å². The molecule has 1 rings (SSSR count). The van der Waals surface area contributed by atoms with Crippen LogP contribution in [0, 0.1) is 0 Å². The van der Waals surface area contributed by atoms with Crippen LogP contribution in [-0.4, -0.2) is 35.4 Å². The van der Waals surface area contributed by atoms with E-state index in [0.717, 1.165) is 0 Å². The first kappa shape index (κ1) is 8.20. The number of aliphatic imine (C=N–C) groups is 1. The minimum absolute atomic E-state index is 0.0566. The van der Waals surface area contributed by atoms with Gasteiger partial charge in [0.2, 0.25) is 0 Å². The largest absolute Gasteiger partial charge is 0.477 e. The van der Waals surface area contributed by atoms with Gasteiger partial charge in [0.25, 0.3) is 0 Å². The fourth-order valence-electron chi connectivity index (χ4n) is 0.871. The molecular formula is C7H12N2O2. The van der Waals surface area contributed by atoms with Crippen molar-refractivity contribution in [3.63, 3.8) is 0 Å². The summed E-state index contributed by atoms with van der Waals surface area (Å²) < 4.78 is 0. The highest BCUT2D eigenvalue weighted by molar-refractivity contribution is 6.36. The SMILES string of the molecule is CC1(C)CN=C(C(=O)O)CN1. The lowest BCUT2D eigenvalue weighted by Gasteiger charge is -2.28. The van der Waals surface area contributed by atoms with Crippen LogP contribution in [0.4, 0.5) is 0 Å². The van der Waals surface area contributed by atoms with Crippen LogP contribution in [0.1, 0.15) is 13.8 Å². The summed E-state index contributed by atoms with van der Waals surface area (Å²) in [7, 11) is 0. The Morgan fingerprint density at radius 1 is 1.73 bits per heavy atom. The molecule has 0 aromatic rings. The summed E-state index contributed by atoms with van der Waals surface area (Å²) in [6.07, 6.45) is 0. The van der Waals surface area contributed by atoms with Gasteiger partial charge in [0.1, 0.15) is 5.71 Å². The monoisotopic (exact) mass is 156 g/mol. The number of hydrogen-bond acceptors (Lipinski definition) is 3. The number of nitrogens with one attached hydrogen (secondary N) is 1. The lowest BCUT2D eigenvalue weighted by atomic mass is 10.0. The average Bonchev–Trinajstić information content (AvgIpc) is 1.86. The number of aliphatic carboxylic acids is 1. The van der Waals surface area contributed by atoms with Crippen molar-refractivity contribution >= 4 is 11.7 Å². The molecule has 0 aliphatic carbocycles. The Balaban J connectivity index is 2.65. The molecule has 0 fully saturated rings. The first-order valence-electron chi connectivity index (χ1n) is 3.53. The molecule has 0 spiro atoms. The van der Waals surface area contributed by atoms with Crippen LogP contribution in [0.2, 0.25) is 0 Å². The van der Waals surface area contributed by atoms with E-state index in [2.05, 4.69) is 10.3 Å². The maximum Gasteiger partial charge on any atom is 0.351 e. The Morgan fingerprint density at radius 3 is 2.73 bits per heavy atom. The first-order chi connectivity index (χ1) is 5.01. The molecule has 4 heteroatoms. The number of carboxylic acid groups (broad SMARTS) is 1. The summed E-state index contributed by atoms with van der Waals surface area (Å²) in [5, 5.41) is 11.6. The fraction of sp³-hybridized carbons (Fsp3) is 0.714. The molecule has 1 aliphatic heterocycles. The third kappa shape index (κ3) is 2.01. The number of carbonyl (C=O) groups is 1. The summed E-state index contributed by atoms with van der Waals surface area (Å²) in [5.74, 6) is -0.923. The zero-order valence-electron chi connectivity index (χ0n) is 6.72. The highest BCUT2D eigenvalue weighted by atomic mass is 16.4. The Morgan fingerprint density at radius 2 is 2.36 bits per heavy atom. The van der Waals surface area contributed by atoms with E-state index in [-0.39, 0.29) is 11.3 Å². The van der Waals surface area contributed by atoms with Crippen LogP contribution < -0.4 is 5.32 Å². The van der Waals surface area contributed by atoms with Gasteiger partial charge in [-0.3, -0.25) is 4.99 Å². The van der Waals surface area contributed by atoms with Gasteiger partial charge in [-0.25, -0.2) is 4.79 Å². The summed E-state index contributed by atoms with van der Waals surface area (Å²) in [6.45, 7) is 4.89. The Bertz CT molecular complexity index is 208. The molecule has 1 aliphatic rings. The summed E-state index contributed by atoms with van der Waals surface area (Å²) in [4.78, 5) is 14.3. The molecule has 0 aromatic carbocycles. The van der Waals surface area contributed by atoms with E-state index in [1.165, 1.54) is 0 Å². The van der Waals surface area contributed by atoms with Crippen molar-refractivity contribution < 1.29 is 9.90 Å². The molecule has 2 N–H and O–H groups in total. The molecule has 0 aromatic heterocycles. The highest BCUT2D eigenvalue weighted by Gasteiger charge is 2.24. The Kier molecular flexibility index (Phi) is 1.95. The second-order valence-corrected chi connectivity index (χ2v) is 3.31. The zero-order chi connectivity index (χ0) is 8.48. The number of rotatable bonds is 1. The minimum atomic E-state index is -0.923. The standard InChI is InChI=1S/C7H12N2O2/c1-7(2)4-8-5(3-9-7)6(10)11/h9H,3-4H2,1-2H3,(H,10,11). The molecule has 0 unspecified atom stereocenters. The molecule has 0 saturated heterocycles. The minimum Gasteiger partial charge on any atom is -0.477 e. The van der Waals surface area contributed by atoms with Gasteiger partial charge < -0.3 is 10.4 Å². The number of nitrogens with zero attached hydrogens (tertiary/aromatic N) is 1. The van der Waals surface area contributed by atoms with E-state index in [9.17, 15) is 4.79 Å². The van der Waals surface area contributed by atoms with Gasteiger partial charge in [-0.15, -0.1) is 0 Å². The van der Waals surface area contributed by atoms with Gasteiger partial charge >= 0.3 is 5.97 Å². The van der Waals surface area contributed by atoms with Gasteiger partial charge in [-0.1, -0.05) is 0 Å². The molecule has 0 atom stereocenters. The Labute approximate surface area is 65.3 Å². The normalized spacial score (nSPS) is 22.5. The summed E-state index contributed by atoms with van der Waals surface area (Å²) in [5.41, 5.74) is 0.170.